The summed E-state index contributed by atoms with van der Waals surface area (Å²) in [6.07, 6.45) is 0.871. The molecule has 0 aliphatic heterocycles. The van der Waals surface area contributed by atoms with Gasteiger partial charge in [0.15, 0.2) is 0 Å². The Balaban J connectivity index is 2.73. The normalized spacial score (nSPS) is 9.73. The van der Waals surface area contributed by atoms with E-state index in [0.717, 1.165) is 18.7 Å². The first-order chi connectivity index (χ1) is 7.29. The van der Waals surface area contributed by atoms with Gasteiger partial charge in [0.1, 0.15) is 0 Å². The van der Waals surface area contributed by atoms with Crippen molar-refractivity contribution in [2.75, 3.05) is 25.5 Å². The Hall–Kier alpha value is -1.55. The highest BCUT2D eigenvalue weighted by atomic mass is 16.5. The SMILES string of the molecule is COC(=O)c1ccccc1NCCCN. The zero-order valence-electron chi connectivity index (χ0n) is 8.82. The molecule has 0 aliphatic carbocycles. The summed E-state index contributed by atoms with van der Waals surface area (Å²) in [7, 11) is 1.37. The molecule has 0 atom stereocenters. The Labute approximate surface area is 89.4 Å². The van der Waals surface area contributed by atoms with Crippen molar-refractivity contribution in [1.82, 2.24) is 0 Å². The Morgan fingerprint density at radius 1 is 1.47 bits per heavy atom. The number of methoxy groups -OCH3 is 1. The first-order valence-electron chi connectivity index (χ1n) is 4.91. The van der Waals surface area contributed by atoms with Crippen molar-refractivity contribution >= 4 is 11.7 Å². The topological polar surface area (TPSA) is 64.3 Å². The fourth-order valence-corrected chi connectivity index (χ4v) is 1.25. The van der Waals surface area contributed by atoms with E-state index in [1.54, 1.807) is 12.1 Å². The first-order valence-corrected chi connectivity index (χ1v) is 4.91. The fourth-order valence-electron chi connectivity index (χ4n) is 1.25. The number of para-hydroxylation sites is 1. The van der Waals surface area contributed by atoms with Gasteiger partial charge in [-0.3, -0.25) is 0 Å². The molecule has 0 saturated carbocycles. The molecule has 1 aromatic carbocycles. The predicted octanol–water partition coefficient (Wildman–Crippen LogP) is 1.23. The van der Waals surface area contributed by atoms with Crippen molar-refractivity contribution in [2.24, 2.45) is 5.73 Å². The van der Waals surface area contributed by atoms with Gasteiger partial charge in [-0.05, 0) is 25.1 Å². The Morgan fingerprint density at radius 2 is 2.20 bits per heavy atom. The number of hydrogen-bond acceptors (Lipinski definition) is 4. The van der Waals surface area contributed by atoms with E-state index in [-0.39, 0.29) is 5.97 Å². The lowest BCUT2D eigenvalue weighted by Gasteiger charge is -2.09. The fraction of sp³-hybridized carbons (Fsp3) is 0.364. The van der Waals surface area contributed by atoms with Crippen molar-refractivity contribution in [3.05, 3.63) is 29.8 Å². The van der Waals surface area contributed by atoms with Crippen LogP contribution in [0.3, 0.4) is 0 Å². The maximum absolute atomic E-state index is 11.4. The number of carbonyl (C=O) groups is 1. The van der Waals surface area contributed by atoms with Crippen molar-refractivity contribution < 1.29 is 9.53 Å². The molecule has 0 aromatic heterocycles. The van der Waals surface area contributed by atoms with E-state index in [4.69, 9.17) is 5.73 Å². The third-order valence-corrected chi connectivity index (χ3v) is 2.03. The van der Waals surface area contributed by atoms with Gasteiger partial charge in [-0.25, -0.2) is 4.79 Å². The molecule has 15 heavy (non-hydrogen) atoms. The lowest BCUT2D eigenvalue weighted by molar-refractivity contribution is 0.0602. The van der Waals surface area contributed by atoms with Crippen LogP contribution in [0.25, 0.3) is 0 Å². The minimum Gasteiger partial charge on any atom is -0.465 e. The van der Waals surface area contributed by atoms with Crippen LogP contribution in [0.1, 0.15) is 16.8 Å². The molecule has 82 valence electrons. The van der Waals surface area contributed by atoms with Crippen LogP contribution in [0.15, 0.2) is 24.3 Å². The second-order valence-electron chi connectivity index (χ2n) is 3.11. The molecule has 0 aliphatic rings. The van der Waals surface area contributed by atoms with Crippen molar-refractivity contribution in [2.45, 2.75) is 6.42 Å². The highest BCUT2D eigenvalue weighted by Crippen LogP contribution is 2.15. The summed E-state index contributed by atoms with van der Waals surface area (Å²) in [6, 6.07) is 7.26. The summed E-state index contributed by atoms with van der Waals surface area (Å²) in [4.78, 5) is 11.4. The van der Waals surface area contributed by atoms with Crippen LogP contribution in [0.5, 0.6) is 0 Å². The van der Waals surface area contributed by atoms with Gasteiger partial charge in [-0.15, -0.1) is 0 Å². The number of nitrogens with two attached hydrogens (primary N) is 1. The van der Waals surface area contributed by atoms with Crippen LogP contribution >= 0.6 is 0 Å². The van der Waals surface area contributed by atoms with E-state index >= 15 is 0 Å². The monoisotopic (exact) mass is 208 g/mol. The van der Waals surface area contributed by atoms with E-state index in [0.29, 0.717) is 12.1 Å². The zero-order valence-corrected chi connectivity index (χ0v) is 8.82. The molecule has 0 amide bonds. The second kappa shape index (κ2) is 6.03. The van der Waals surface area contributed by atoms with Crippen LogP contribution in [0.2, 0.25) is 0 Å². The van der Waals surface area contributed by atoms with Crippen molar-refractivity contribution in [3.63, 3.8) is 0 Å². The van der Waals surface area contributed by atoms with Crippen LogP contribution in [-0.2, 0) is 4.74 Å². The molecular formula is C11H16N2O2. The van der Waals surface area contributed by atoms with Crippen LogP contribution in [-0.4, -0.2) is 26.2 Å². The molecule has 0 heterocycles. The Morgan fingerprint density at radius 3 is 2.87 bits per heavy atom. The van der Waals surface area contributed by atoms with Crippen molar-refractivity contribution in [3.8, 4) is 0 Å². The van der Waals surface area contributed by atoms with Gasteiger partial charge >= 0.3 is 5.97 Å². The summed E-state index contributed by atoms with van der Waals surface area (Å²) < 4.78 is 4.68. The average Bonchev–Trinajstić information content (AvgIpc) is 2.29. The zero-order chi connectivity index (χ0) is 11.1. The first kappa shape index (κ1) is 11.5. The maximum Gasteiger partial charge on any atom is 0.339 e. The van der Waals surface area contributed by atoms with Gasteiger partial charge in [-0.2, -0.15) is 0 Å². The average molecular weight is 208 g/mol. The largest absolute Gasteiger partial charge is 0.465 e. The number of esters is 1. The standard InChI is InChI=1S/C11H16N2O2/c1-15-11(14)9-5-2-3-6-10(9)13-8-4-7-12/h2-3,5-6,13H,4,7-8,12H2,1H3. The van der Waals surface area contributed by atoms with Crippen LogP contribution in [0, 0.1) is 0 Å². The number of nitrogens with one attached hydrogen (secondary N) is 1. The molecule has 4 nitrogen and oxygen atoms in total. The molecule has 0 fully saturated rings. The molecule has 0 saturated heterocycles. The summed E-state index contributed by atoms with van der Waals surface area (Å²) in [5.41, 5.74) is 6.73. The third kappa shape index (κ3) is 3.25. The van der Waals surface area contributed by atoms with E-state index < -0.39 is 0 Å². The molecule has 0 unspecified atom stereocenters. The van der Waals surface area contributed by atoms with Crippen LogP contribution in [0.4, 0.5) is 5.69 Å². The second-order valence-corrected chi connectivity index (χ2v) is 3.11. The molecule has 1 aromatic rings. The van der Waals surface area contributed by atoms with Gasteiger partial charge in [0.05, 0.1) is 12.7 Å². The molecule has 0 radical (unpaired) electrons. The van der Waals surface area contributed by atoms with E-state index in [1.165, 1.54) is 7.11 Å². The molecule has 0 bridgehead atoms. The third-order valence-electron chi connectivity index (χ3n) is 2.03. The summed E-state index contributed by atoms with van der Waals surface area (Å²) in [6.45, 7) is 1.39. The van der Waals surface area contributed by atoms with Crippen LogP contribution < -0.4 is 11.1 Å². The van der Waals surface area contributed by atoms with Gasteiger partial charge < -0.3 is 15.8 Å². The molecule has 3 N–H and O–H groups in total. The minimum absolute atomic E-state index is 0.328. The van der Waals surface area contributed by atoms with Gasteiger partial charge in [0.25, 0.3) is 0 Å². The minimum atomic E-state index is -0.328. The summed E-state index contributed by atoms with van der Waals surface area (Å²) in [5.74, 6) is -0.328. The maximum atomic E-state index is 11.4. The number of ether oxygens (including phenoxy) is 1. The van der Waals surface area contributed by atoms with Gasteiger partial charge in [0, 0.05) is 12.2 Å². The smallest absolute Gasteiger partial charge is 0.339 e. The number of carbonyl (C=O) groups excluding carboxylic acids is 1. The highest BCUT2D eigenvalue weighted by Gasteiger charge is 2.09. The van der Waals surface area contributed by atoms with Gasteiger partial charge in [-0.1, -0.05) is 12.1 Å². The van der Waals surface area contributed by atoms with E-state index in [9.17, 15) is 4.79 Å². The van der Waals surface area contributed by atoms with E-state index in [1.807, 2.05) is 12.1 Å². The number of rotatable bonds is 5. The Bertz CT molecular complexity index is 326. The van der Waals surface area contributed by atoms with Crippen molar-refractivity contribution in [1.29, 1.82) is 0 Å². The molecule has 4 heteroatoms. The number of benzene rings is 1. The highest BCUT2D eigenvalue weighted by molar-refractivity contribution is 5.95. The number of hydrogen-bond donors (Lipinski definition) is 2. The van der Waals surface area contributed by atoms with E-state index in [2.05, 4.69) is 10.1 Å². The lowest BCUT2D eigenvalue weighted by atomic mass is 10.2. The summed E-state index contributed by atoms with van der Waals surface area (Å²) in [5, 5.41) is 3.15. The quantitative estimate of drug-likeness (QED) is 0.564. The van der Waals surface area contributed by atoms with Gasteiger partial charge in [0.2, 0.25) is 0 Å². The lowest BCUT2D eigenvalue weighted by Crippen LogP contribution is -2.12. The molecular weight excluding hydrogens is 192 g/mol. The number of anilines is 1. The molecule has 1 rings (SSSR count). The molecule has 0 spiro atoms. The predicted molar refractivity (Wildman–Crippen MR) is 59.9 cm³/mol. The Kier molecular flexibility index (Phi) is 4.63. The summed E-state index contributed by atoms with van der Waals surface area (Å²) >= 11 is 0.